The third-order valence-electron chi connectivity index (χ3n) is 4.16. The fourth-order valence-electron chi connectivity index (χ4n) is 2.74. The topological polar surface area (TPSA) is 50.5 Å². The molecule has 1 fully saturated rings. The zero-order chi connectivity index (χ0) is 19.7. The van der Waals surface area contributed by atoms with Gasteiger partial charge in [0, 0.05) is 21.7 Å². The van der Waals surface area contributed by atoms with Crippen molar-refractivity contribution in [3.8, 4) is 11.3 Å². The van der Waals surface area contributed by atoms with Gasteiger partial charge in [-0.25, -0.2) is 0 Å². The number of benzene rings is 2. The van der Waals surface area contributed by atoms with Crippen LogP contribution in [-0.2, 0) is 11.3 Å². The summed E-state index contributed by atoms with van der Waals surface area (Å²) in [5.74, 6) is 0.819. The van der Waals surface area contributed by atoms with Crippen LogP contribution in [0.3, 0.4) is 0 Å². The monoisotopic (exact) mass is 429 g/mol. The van der Waals surface area contributed by atoms with Gasteiger partial charge in [0.1, 0.15) is 11.5 Å². The second-order valence-electron chi connectivity index (χ2n) is 6.10. The average Bonchev–Trinajstić information content (AvgIpc) is 3.24. The molecular formula is C21H13Cl2NO3S. The van der Waals surface area contributed by atoms with Crippen molar-refractivity contribution in [2.24, 2.45) is 0 Å². The molecule has 1 aromatic heterocycles. The SMILES string of the molecule is O=C1SC(=Cc2ccc(-c3ccc(Cl)cc3)o2)C(=O)N1Cc1ccc(Cl)cc1. The molecule has 2 aromatic carbocycles. The molecule has 0 radical (unpaired) electrons. The molecular weight excluding hydrogens is 417 g/mol. The van der Waals surface area contributed by atoms with E-state index in [2.05, 4.69) is 0 Å². The molecule has 2 heterocycles. The summed E-state index contributed by atoms with van der Waals surface area (Å²) in [6.07, 6.45) is 1.59. The molecule has 28 heavy (non-hydrogen) atoms. The molecule has 0 N–H and O–H groups in total. The average molecular weight is 430 g/mol. The first-order chi connectivity index (χ1) is 13.5. The van der Waals surface area contributed by atoms with Crippen molar-refractivity contribution in [2.45, 2.75) is 6.54 Å². The van der Waals surface area contributed by atoms with E-state index in [9.17, 15) is 9.59 Å². The summed E-state index contributed by atoms with van der Waals surface area (Å²) >= 11 is 12.7. The largest absolute Gasteiger partial charge is 0.457 e. The Morgan fingerprint density at radius 3 is 2.21 bits per heavy atom. The number of amides is 2. The van der Waals surface area contributed by atoms with Crippen molar-refractivity contribution >= 4 is 52.2 Å². The Kier molecular flexibility index (Phi) is 5.31. The molecule has 0 spiro atoms. The second-order valence-corrected chi connectivity index (χ2v) is 7.97. The van der Waals surface area contributed by atoms with E-state index in [1.807, 2.05) is 18.2 Å². The molecule has 140 valence electrons. The summed E-state index contributed by atoms with van der Waals surface area (Å²) in [6.45, 7) is 0.202. The molecule has 4 rings (SSSR count). The fourth-order valence-corrected chi connectivity index (χ4v) is 3.81. The van der Waals surface area contributed by atoms with Gasteiger partial charge in [0.05, 0.1) is 11.4 Å². The summed E-state index contributed by atoms with van der Waals surface area (Å²) in [5.41, 5.74) is 1.70. The predicted octanol–water partition coefficient (Wildman–Crippen LogP) is 6.49. The Bertz CT molecular complexity index is 1070. The van der Waals surface area contributed by atoms with Gasteiger partial charge >= 0.3 is 0 Å². The summed E-state index contributed by atoms with van der Waals surface area (Å²) in [4.78, 5) is 26.5. The number of thioether (sulfide) groups is 1. The lowest BCUT2D eigenvalue weighted by Gasteiger charge is -2.12. The number of rotatable bonds is 4. The van der Waals surface area contributed by atoms with Crippen LogP contribution in [0.1, 0.15) is 11.3 Å². The van der Waals surface area contributed by atoms with E-state index in [0.717, 1.165) is 22.9 Å². The number of imide groups is 1. The van der Waals surface area contributed by atoms with Crippen LogP contribution in [0.5, 0.6) is 0 Å². The van der Waals surface area contributed by atoms with Crippen molar-refractivity contribution in [3.63, 3.8) is 0 Å². The Balaban J connectivity index is 1.52. The Labute approximate surface area is 175 Å². The van der Waals surface area contributed by atoms with Crippen LogP contribution in [0.4, 0.5) is 4.79 Å². The van der Waals surface area contributed by atoms with E-state index >= 15 is 0 Å². The molecule has 7 heteroatoms. The quantitative estimate of drug-likeness (QED) is 0.444. The van der Waals surface area contributed by atoms with E-state index in [-0.39, 0.29) is 17.7 Å². The van der Waals surface area contributed by atoms with Crippen LogP contribution in [0, 0.1) is 0 Å². The summed E-state index contributed by atoms with van der Waals surface area (Å²) < 4.78 is 5.79. The van der Waals surface area contributed by atoms with E-state index in [1.54, 1.807) is 48.5 Å². The van der Waals surface area contributed by atoms with E-state index < -0.39 is 0 Å². The van der Waals surface area contributed by atoms with Crippen LogP contribution >= 0.6 is 35.0 Å². The highest BCUT2D eigenvalue weighted by atomic mass is 35.5. The van der Waals surface area contributed by atoms with Gasteiger partial charge in [-0.1, -0.05) is 35.3 Å². The lowest BCUT2D eigenvalue weighted by molar-refractivity contribution is -0.123. The third-order valence-corrected chi connectivity index (χ3v) is 5.57. The van der Waals surface area contributed by atoms with Gasteiger partial charge in [-0.15, -0.1) is 0 Å². The highest BCUT2D eigenvalue weighted by Gasteiger charge is 2.35. The first-order valence-electron chi connectivity index (χ1n) is 8.35. The smallest absolute Gasteiger partial charge is 0.293 e. The number of hydrogen-bond donors (Lipinski definition) is 0. The number of nitrogens with zero attached hydrogens (tertiary/aromatic N) is 1. The first-order valence-corrected chi connectivity index (χ1v) is 9.92. The minimum atomic E-state index is -0.339. The van der Waals surface area contributed by atoms with E-state index in [4.69, 9.17) is 27.6 Å². The van der Waals surface area contributed by atoms with E-state index in [1.165, 1.54) is 4.90 Å². The Morgan fingerprint density at radius 2 is 1.54 bits per heavy atom. The van der Waals surface area contributed by atoms with Crippen molar-refractivity contribution < 1.29 is 14.0 Å². The molecule has 1 aliphatic heterocycles. The van der Waals surface area contributed by atoms with Gasteiger partial charge in [-0.05, 0) is 65.9 Å². The molecule has 3 aromatic rings. The molecule has 0 atom stereocenters. The van der Waals surface area contributed by atoms with Crippen LogP contribution in [0.25, 0.3) is 17.4 Å². The summed E-state index contributed by atoms with van der Waals surface area (Å²) in [5, 5.41) is 0.938. The third kappa shape index (κ3) is 4.02. The van der Waals surface area contributed by atoms with Crippen LogP contribution in [0.2, 0.25) is 10.0 Å². The molecule has 1 aliphatic rings. The van der Waals surface area contributed by atoms with Gasteiger partial charge < -0.3 is 4.42 Å². The predicted molar refractivity (Wildman–Crippen MR) is 112 cm³/mol. The Morgan fingerprint density at radius 1 is 0.893 bits per heavy atom. The summed E-state index contributed by atoms with van der Waals surface area (Å²) in [7, 11) is 0. The molecule has 2 amide bonds. The van der Waals surface area contributed by atoms with Gasteiger partial charge in [-0.3, -0.25) is 14.5 Å². The number of hydrogen-bond acceptors (Lipinski definition) is 4. The second kappa shape index (κ2) is 7.87. The van der Waals surface area contributed by atoms with Crippen molar-refractivity contribution in [1.29, 1.82) is 0 Å². The maximum atomic E-state index is 12.6. The lowest BCUT2D eigenvalue weighted by atomic mass is 10.2. The van der Waals surface area contributed by atoms with Gasteiger partial charge in [0.15, 0.2) is 0 Å². The van der Waals surface area contributed by atoms with Crippen LogP contribution in [0.15, 0.2) is 70.0 Å². The van der Waals surface area contributed by atoms with Crippen molar-refractivity contribution in [3.05, 3.63) is 86.9 Å². The lowest BCUT2D eigenvalue weighted by Crippen LogP contribution is -2.27. The van der Waals surface area contributed by atoms with Crippen molar-refractivity contribution in [1.82, 2.24) is 4.90 Å². The number of carbonyl (C=O) groups is 2. The molecule has 1 saturated heterocycles. The molecule has 4 nitrogen and oxygen atoms in total. The number of furan rings is 1. The van der Waals surface area contributed by atoms with Gasteiger partial charge in [0.2, 0.25) is 0 Å². The van der Waals surface area contributed by atoms with Gasteiger partial charge in [0.25, 0.3) is 11.1 Å². The van der Waals surface area contributed by atoms with Gasteiger partial charge in [-0.2, -0.15) is 0 Å². The minimum Gasteiger partial charge on any atom is -0.457 e. The maximum absolute atomic E-state index is 12.6. The zero-order valence-electron chi connectivity index (χ0n) is 14.4. The normalized spacial score (nSPS) is 15.6. The zero-order valence-corrected chi connectivity index (χ0v) is 16.7. The highest BCUT2D eigenvalue weighted by molar-refractivity contribution is 8.18. The summed E-state index contributed by atoms with van der Waals surface area (Å²) in [6, 6.07) is 17.9. The maximum Gasteiger partial charge on any atom is 0.293 e. The van der Waals surface area contributed by atoms with Crippen LogP contribution < -0.4 is 0 Å². The van der Waals surface area contributed by atoms with Crippen LogP contribution in [-0.4, -0.2) is 16.0 Å². The minimum absolute atomic E-state index is 0.202. The van der Waals surface area contributed by atoms with E-state index in [0.29, 0.717) is 26.5 Å². The molecule has 0 aliphatic carbocycles. The fraction of sp³-hybridized carbons (Fsp3) is 0.0476. The first kappa shape index (κ1) is 18.9. The standard InChI is InChI=1S/C21H13Cl2NO3S/c22-15-5-1-13(2-6-15)12-24-20(25)19(28-21(24)26)11-17-9-10-18(27-17)14-3-7-16(23)8-4-14/h1-11H,12H2. The van der Waals surface area contributed by atoms with Crippen molar-refractivity contribution in [2.75, 3.05) is 0 Å². The number of halogens is 2. The number of carbonyl (C=O) groups excluding carboxylic acids is 2. The molecule has 0 unspecified atom stereocenters. The highest BCUT2D eigenvalue weighted by Crippen LogP contribution is 2.34. The molecule has 0 bridgehead atoms. The molecule has 0 saturated carbocycles. The Hall–Kier alpha value is -2.47.